The molecule has 0 spiro atoms. The lowest BCUT2D eigenvalue weighted by atomic mass is 10.1. The van der Waals surface area contributed by atoms with Crippen LogP contribution < -0.4 is 39.3 Å². The van der Waals surface area contributed by atoms with Crippen molar-refractivity contribution in [3.8, 4) is 0 Å². The van der Waals surface area contributed by atoms with Crippen molar-refractivity contribution < 1.29 is 4.89 Å². The number of aromatic amines is 2. The van der Waals surface area contributed by atoms with E-state index >= 15 is 0 Å². The molecule has 1 aromatic heterocycles. The third-order valence-electron chi connectivity index (χ3n) is 2.15. The highest BCUT2D eigenvalue weighted by Crippen LogP contribution is 2.39. The second-order valence-electron chi connectivity index (χ2n) is 3.33. The number of nitrogens with one attached hydrogen (secondary N) is 2. The molecule has 2 rings (SSSR count). The minimum atomic E-state index is -1.40. The molecule has 0 aliphatic carbocycles. The summed E-state index contributed by atoms with van der Waals surface area (Å²) in [6, 6.07) is 0. The van der Waals surface area contributed by atoms with Crippen LogP contribution in [0, 0.1) is 0 Å². The van der Waals surface area contributed by atoms with Crippen LogP contribution in [0.3, 0.4) is 0 Å². The molecule has 0 aliphatic rings. The zero-order valence-corrected chi connectivity index (χ0v) is 12.7. The molecule has 3 unspecified atom stereocenters. The van der Waals surface area contributed by atoms with Gasteiger partial charge in [-0.15, -0.1) is 0 Å². The minimum absolute atomic E-state index is 0.180. The van der Waals surface area contributed by atoms with Gasteiger partial charge in [0.05, 0.1) is 34.1 Å². The fraction of sp³-hybridized carbons (Fsp3) is 0. The van der Waals surface area contributed by atoms with Gasteiger partial charge in [-0.2, -0.15) is 0 Å². The zero-order valence-electron chi connectivity index (χ0n) is 9.77. The number of H-pyrrole nitrogens is 2. The van der Waals surface area contributed by atoms with Crippen molar-refractivity contribution in [1.82, 2.24) is 13.5 Å². The molecule has 0 fully saturated rings. The smallest absolute Gasteiger partial charge is 0.155 e. The van der Waals surface area contributed by atoms with Crippen LogP contribution >= 0.6 is 25.1 Å². The number of anilines is 6. The second-order valence-corrected chi connectivity index (χ2v) is 7.04. The zero-order chi connectivity index (χ0) is 14.6. The fourth-order valence-electron chi connectivity index (χ4n) is 1.07. The summed E-state index contributed by atoms with van der Waals surface area (Å²) in [7, 11) is -0.664. The van der Waals surface area contributed by atoms with Crippen LogP contribution in [0.2, 0.25) is 0 Å². The summed E-state index contributed by atoms with van der Waals surface area (Å²) in [5.74, 6) is 0. The number of aromatic nitrogens is 3. The van der Waals surface area contributed by atoms with Crippen molar-refractivity contribution in [2.24, 2.45) is 0 Å². The van der Waals surface area contributed by atoms with Crippen LogP contribution in [0.4, 0.5) is 34.1 Å². The first-order valence-electron chi connectivity index (χ1n) is 4.81. The van der Waals surface area contributed by atoms with Gasteiger partial charge < -0.3 is 39.3 Å². The molecule has 14 N–H and O–H groups in total. The minimum Gasteiger partial charge on any atom is -0.719 e. The van der Waals surface area contributed by atoms with E-state index in [4.69, 9.17) is 34.4 Å². The summed E-state index contributed by atoms with van der Waals surface area (Å²) in [4.78, 5) is 10.3. The Bertz CT molecular complexity index is 475. The van der Waals surface area contributed by atoms with Crippen LogP contribution in [-0.2, 0) is 0 Å². The molecule has 19 heavy (non-hydrogen) atoms. The highest BCUT2D eigenvalue weighted by Gasteiger charge is 2.12. The third-order valence-corrected chi connectivity index (χ3v) is 5.44. The van der Waals surface area contributed by atoms with E-state index < -0.39 is 8.08 Å². The lowest BCUT2D eigenvalue weighted by Gasteiger charge is -2.13. The van der Waals surface area contributed by atoms with Crippen molar-refractivity contribution in [3.05, 3.63) is 0 Å². The van der Waals surface area contributed by atoms with E-state index in [1.807, 2.05) is 0 Å². The van der Waals surface area contributed by atoms with Crippen LogP contribution in [0.5, 0.6) is 0 Å². The molecule has 0 aliphatic heterocycles. The topological polar surface area (TPSA) is 224 Å². The predicted molar refractivity (Wildman–Crippen MR) is 85.0 cm³/mol. The van der Waals surface area contributed by atoms with Crippen LogP contribution in [0.1, 0.15) is 0 Å². The van der Waals surface area contributed by atoms with E-state index in [9.17, 15) is 4.89 Å². The van der Waals surface area contributed by atoms with E-state index in [0.717, 1.165) is 0 Å². The number of nitrogens with zero attached hydrogens (tertiary/aromatic N) is 1. The SMILES string of the molecule is Nc1c(N)c(N)c(N)c(N)c1N.[O-][p+]1n[pH][nH][pH][nH]1. The first-order valence-corrected chi connectivity index (χ1v) is 7.97. The maximum Gasteiger partial charge on any atom is 0.155 e. The summed E-state index contributed by atoms with van der Waals surface area (Å²) in [5, 5.41) is 0. The van der Waals surface area contributed by atoms with Gasteiger partial charge in [0.25, 0.3) is 0 Å². The van der Waals surface area contributed by atoms with E-state index in [1.54, 1.807) is 0 Å². The van der Waals surface area contributed by atoms with Gasteiger partial charge in [0.1, 0.15) is 16.6 Å². The largest absolute Gasteiger partial charge is 0.719 e. The fourth-order valence-corrected chi connectivity index (χ4v) is 4.07. The van der Waals surface area contributed by atoms with E-state index in [1.165, 1.54) is 0 Å². The molecule has 13 heteroatoms. The highest BCUT2D eigenvalue weighted by atomic mass is 31.2. The normalized spacial score (nSPS) is 11.3. The van der Waals surface area contributed by atoms with Crippen molar-refractivity contribution in [1.29, 1.82) is 0 Å². The Labute approximate surface area is 113 Å². The Balaban J connectivity index is 0.000000218. The lowest BCUT2D eigenvalue weighted by molar-refractivity contribution is -0.154. The lowest BCUT2D eigenvalue weighted by Crippen LogP contribution is -2.10. The Morgan fingerprint density at radius 2 is 1.21 bits per heavy atom. The number of nitrogens with two attached hydrogens (primary N) is 6. The molecule has 0 saturated heterocycles. The van der Waals surface area contributed by atoms with E-state index in [-0.39, 0.29) is 34.1 Å². The van der Waals surface area contributed by atoms with E-state index in [2.05, 4.69) is 13.5 Å². The average Bonchev–Trinajstić information content (AvgIpc) is 2.42. The number of rotatable bonds is 0. The molecule has 0 amide bonds. The van der Waals surface area contributed by atoms with Crippen molar-refractivity contribution in [3.63, 3.8) is 0 Å². The summed E-state index contributed by atoms with van der Waals surface area (Å²) >= 11 is 0. The molecular formula is C6H16N9OP3. The van der Waals surface area contributed by atoms with Gasteiger partial charge in [-0.05, 0) is 0 Å². The molecule has 10 nitrogen and oxygen atoms in total. The number of nitrogen functional groups attached to an aromatic ring is 6. The van der Waals surface area contributed by atoms with Crippen molar-refractivity contribution in [2.45, 2.75) is 0 Å². The third kappa shape index (κ3) is 3.62. The molecule has 1 aromatic carbocycles. The maximum atomic E-state index is 10.3. The summed E-state index contributed by atoms with van der Waals surface area (Å²) in [5.41, 5.74) is 34.0. The summed E-state index contributed by atoms with van der Waals surface area (Å²) < 4.78 is 9.21. The van der Waals surface area contributed by atoms with Crippen LogP contribution in [0.25, 0.3) is 0 Å². The van der Waals surface area contributed by atoms with Gasteiger partial charge in [-0.3, -0.25) is 0 Å². The van der Waals surface area contributed by atoms with Crippen LogP contribution in [-0.4, -0.2) is 13.5 Å². The van der Waals surface area contributed by atoms with Crippen molar-refractivity contribution >= 4 is 59.2 Å². The van der Waals surface area contributed by atoms with Gasteiger partial charge in [0, 0.05) is 0 Å². The molecule has 3 atom stereocenters. The monoisotopic (exact) mass is 323 g/mol. The molecular weight excluding hydrogens is 307 g/mol. The quantitative estimate of drug-likeness (QED) is 0.294. The summed E-state index contributed by atoms with van der Waals surface area (Å²) in [6.07, 6.45) is 0. The molecule has 1 heterocycles. The standard InChI is InChI=1S/C6H12N6.H4N3OP3/c7-1-2(8)4(10)6(12)5(11)3(1)9;4-7-2-5-1-6-3-7/h7-12H2;1,5-6H,(H,2,3). The molecule has 0 radical (unpaired) electrons. The Kier molecular flexibility index (Phi) is 5.20. The van der Waals surface area contributed by atoms with Crippen LogP contribution in [0.15, 0.2) is 0 Å². The van der Waals surface area contributed by atoms with Gasteiger partial charge in [-0.1, -0.05) is 4.51 Å². The predicted octanol–water partition coefficient (Wildman–Crippen LogP) is -0.504. The Morgan fingerprint density at radius 1 is 0.842 bits per heavy atom. The van der Waals surface area contributed by atoms with Gasteiger partial charge >= 0.3 is 0 Å². The van der Waals surface area contributed by atoms with E-state index in [0.29, 0.717) is 17.0 Å². The number of hydrogen-bond acceptors (Lipinski definition) is 8. The number of benzene rings is 1. The number of hydrogen-bond donors (Lipinski definition) is 8. The van der Waals surface area contributed by atoms with Gasteiger partial charge in [0.15, 0.2) is 8.51 Å². The van der Waals surface area contributed by atoms with Gasteiger partial charge in [0.2, 0.25) is 0 Å². The molecule has 0 saturated carbocycles. The second kappa shape index (κ2) is 6.45. The van der Waals surface area contributed by atoms with Gasteiger partial charge in [-0.25, -0.2) is 9.02 Å². The molecule has 106 valence electrons. The molecule has 0 bridgehead atoms. The average molecular weight is 323 g/mol. The Morgan fingerprint density at radius 3 is 1.37 bits per heavy atom. The summed E-state index contributed by atoms with van der Waals surface area (Å²) in [6.45, 7) is 0. The molecule has 2 aromatic rings. The van der Waals surface area contributed by atoms with Crippen molar-refractivity contribution in [2.75, 3.05) is 34.4 Å². The first kappa shape index (κ1) is 15.3. The maximum absolute atomic E-state index is 10.3. The Hall–Kier alpha value is -1.72. The highest BCUT2D eigenvalue weighted by molar-refractivity contribution is 7.48. The first-order chi connectivity index (χ1) is 8.86.